The first-order chi connectivity index (χ1) is 8.29. The Morgan fingerprint density at radius 2 is 2.35 bits per heavy atom. The molecule has 0 radical (unpaired) electrons. The van der Waals surface area contributed by atoms with Crippen LogP contribution < -0.4 is 5.32 Å². The molecule has 4 nitrogen and oxygen atoms in total. The summed E-state index contributed by atoms with van der Waals surface area (Å²) in [6.45, 7) is 5.14. The van der Waals surface area contributed by atoms with Gasteiger partial charge in [0.1, 0.15) is 0 Å². The SMILES string of the molecule is CCCNC(C)c1nnc(Cc2ccsc2)o1. The van der Waals surface area contributed by atoms with Gasteiger partial charge >= 0.3 is 0 Å². The fraction of sp³-hybridized carbons (Fsp3) is 0.500. The quantitative estimate of drug-likeness (QED) is 0.857. The van der Waals surface area contributed by atoms with Gasteiger partial charge in [0.05, 0.1) is 12.5 Å². The molecule has 0 saturated heterocycles. The van der Waals surface area contributed by atoms with Crippen LogP contribution in [-0.2, 0) is 6.42 Å². The maximum Gasteiger partial charge on any atom is 0.233 e. The first-order valence-corrected chi connectivity index (χ1v) is 6.80. The molecule has 92 valence electrons. The standard InChI is InChI=1S/C12H17N3OS/c1-3-5-13-9(2)12-15-14-11(16-12)7-10-4-6-17-8-10/h4,6,8-9,13H,3,5,7H2,1-2H3. The van der Waals surface area contributed by atoms with Crippen LogP contribution in [0.25, 0.3) is 0 Å². The lowest BCUT2D eigenvalue weighted by molar-refractivity contribution is 0.397. The van der Waals surface area contributed by atoms with Crippen LogP contribution in [-0.4, -0.2) is 16.7 Å². The van der Waals surface area contributed by atoms with Gasteiger partial charge in [-0.15, -0.1) is 10.2 Å². The molecular weight excluding hydrogens is 234 g/mol. The molecule has 0 bridgehead atoms. The molecule has 0 saturated carbocycles. The van der Waals surface area contributed by atoms with E-state index in [4.69, 9.17) is 4.42 Å². The highest BCUT2D eigenvalue weighted by atomic mass is 32.1. The zero-order valence-corrected chi connectivity index (χ0v) is 11.0. The first-order valence-electron chi connectivity index (χ1n) is 5.86. The van der Waals surface area contributed by atoms with Gasteiger partial charge in [-0.25, -0.2) is 0 Å². The Morgan fingerprint density at radius 1 is 1.47 bits per heavy atom. The van der Waals surface area contributed by atoms with E-state index >= 15 is 0 Å². The number of thiophene rings is 1. The summed E-state index contributed by atoms with van der Waals surface area (Å²) in [6, 6.07) is 2.20. The highest BCUT2D eigenvalue weighted by molar-refractivity contribution is 7.07. The normalized spacial score (nSPS) is 12.8. The summed E-state index contributed by atoms with van der Waals surface area (Å²) < 4.78 is 5.64. The third kappa shape index (κ3) is 3.38. The molecule has 0 aliphatic carbocycles. The van der Waals surface area contributed by atoms with Crippen LogP contribution in [0.4, 0.5) is 0 Å². The van der Waals surface area contributed by atoms with Crippen molar-refractivity contribution in [3.63, 3.8) is 0 Å². The molecule has 5 heteroatoms. The molecule has 0 aromatic carbocycles. The second-order valence-electron chi connectivity index (χ2n) is 4.02. The van der Waals surface area contributed by atoms with Gasteiger partial charge < -0.3 is 9.73 Å². The predicted molar refractivity (Wildman–Crippen MR) is 68.1 cm³/mol. The number of nitrogens with zero attached hydrogens (tertiary/aromatic N) is 2. The number of hydrogen-bond donors (Lipinski definition) is 1. The van der Waals surface area contributed by atoms with Gasteiger partial charge in [-0.05, 0) is 42.3 Å². The molecule has 0 aliphatic heterocycles. The summed E-state index contributed by atoms with van der Waals surface area (Å²) in [7, 11) is 0. The van der Waals surface area contributed by atoms with E-state index in [9.17, 15) is 0 Å². The van der Waals surface area contributed by atoms with Crippen LogP contribution in [0.2, 0.25) is 0 Å². The third-order valence-electron chi connectivity index (χ3n) is 2.49. The number of nitrogens with one attached hydrogen (secondary N) is 1. The van der Waals surface area contributed by atoms with E-state index in [-0.39, 0.29) is 6.04 Å². The molecule has 2 rings (SSSR count). The molecule has 0 amide bonds. The van der Waals surface area contributed by atoms with E-state index in [2.05, 4.69) is 39.3 Å². The summed E-state index contributed by atoms with van der Waals surface area (Å²) in [5.41, 5.74) is 1.22. The topological polar surface area (TPSA) is 51.0 Å². The van der Waals surface area contributed by atoms with Crippen LogP contribution in [0.15, 0.2) is 21.2 Å². The average Bonchev–Trinajstić information content (AvgIpc) is 2.98. The van der Waals surface area contributed by atoms with Crippen LogP contribution in [0.3, 0.4) is 0 Å². The lowest BCUT2D eigenvalue weighted by Gasteiger charge is -2.07. The molecule has 17 heavy (non-hydrogen) atoms. The molecule has 1 atom stereocenters. The fourth-order valence-electron chi connectivity index (χ4n) is 1.53. The Kier molecular flexibility index (Phi) is 4.28. The van der Waals surface area contributed by atoms with Crippen LogP contribution >= 0.6 is 11.3 Å². The van der Waals surface area contributed by atoms with E-state index in [0.717, 1.165) is 19.4 Å². The maximum atomic E-state index is 5.64. The minimum Gasteiger partial charge on any atom is -0.423 e. The largest absolute Gasteiger partial charge is 0.423 e. The van der Waals surface area contributed by atoms with Crippen LogP contribution in [0, 0.1) is 0 Å². The predicted octanol–water partition coefficient (Wildman–Crippen LogP) is 2.78. The van der Waals surface area contributed by atoms with Crippen molar-refractivity contribution in [2.75, 3.05) is 6.54 Å². The van der Waals surface area contributed by atoms with Crippen molar-refractivity contribution in [1.29, 1.82) is 0 Å². The van der Waals surface area contributed by atoms with Crippen LogP contribution in [0.1, 0.15) is 43.7 Å². The summed E-state index contributed by atoms with van der Waals surface area (Å²) >= 11 is 1.68. The van der Waals surface area contributed by atoms with Crippen molar-refractivity contribution >= 4 is 11.3 Å². The van der Waals surface area contributed by atoms with Gasteiger partial charge in [0.2, 0.25) is 11.8 Å². The molecular formula is C12H17N3OS. The highest BCUT2D eigenvalue weighted by Crippen LogP contribution is 2.15. The van der Waals surface area contributed by atoms with Crippen LogP contribution in [0.5, 0.6) is 0 Å². The average molecular weight is 251 g/mol. The van der Waals surface area contributed by atoms with Crippen molar-refractivity contribution < 1.29 is 4.42 Å². The minimum absolute atomic E-state index is 0.124. The molecule has 0 spiro atoms. The lowest BCUT2D eigenvalue weighted by atomic mass is 10.2. The smallest absolute Gasteiger partial charge is 0.233 e. The van der Waals surface area contributed by atoms with Crippen molar-refractivity contribution in [3.8, 4) is 0 Å². The first kappa shape index (κ1) is 12.3. The molecule has 1 unspecified atom stereocenters. The van der Waals surface area contributed by atoms with E-state index in [1.165, 1.54) is 5.56 Å². The number of aromatic nitrogens is 2. The van der Waals surface area contributed by atoms with Gasteiger partial charge in [-0.3, -0.25) is 0 Å². The monoisotopic (exact) mass is 251 g/mol. The summed E-state index contributed by atoms with van der Waals surface area (Å²) in [5, 5.41) is 15.6. The van der Waals surface area contributed by atoms with Crippen molar-refractivity contribution in [3.05, 3.63) is 34.2 Å². The summed E-state index contributed by atoms with van der Waals surface area (Å²) in [5.74, 6) is 1.35. The zero-order chi connectivity index (χ0) is 12.1. The summed E-state index contributed by atoms with van der Waals surface area (Å²) in [4.78, 5) is 0. The molecule has 0 fully saturated rings. The fourth-order valence-corrected chi connectivity index (χ4v) is 2.20. The van der Waals surface area contributed by atoms with Gasteiger partial charge in [0.25, 0.3) is 0 Å². The Balaban J connectivity index is 1.95. The van der Waals surface area contributed by atoms with Gasteiger partial charge in [-0.2, -0.15) is 11.3 Å². The lowest BCUT2D eigenvalue weighted by Crippen LogP contribution is -2.19. The maximum absolute atomic E-state index is 5.64. The summed E-state index contributed by atoms with van der Waals surface area (Å²) in [6.07, 6.45) is 1.82. The highest BCUT2D eigenvalue weighted by Gasteiger charge is 2.13. The number of rotatable bonds is 6. The van der Waals surface area contributed by atoms with Gasteiger partial charge in [0, 0.05) is 0 Å². The molecule has 0 aliphatic rings. The molecule has 2 aromatic rings. The minimum atomic E-state index is 0.124. The van der Waals surface area contributed by atoms with Gasteiger partial charge in [-0.1, -0.05) is 6.92 Å². The molecule has 2 aromatic heterocycles. The van der Waals surface area contributed by atoms with Crippen molar-refractivity contribution in [1.82, 2.24) is 15.5 Å². The number of hydrogen-bond acceptors (Lipinski definition) is 5. The third-order valence-corrected chi connectivity index (χ3v) is 3.22. The van der Waals surface area contributed by atoms with Crippen molar-refractivity contribution in [2.45, 2.75) is 32.7 Å². The Labute approximate surface area is 105 Å². The Bertz CT molecular complexity index is 438. The van der Waals surface area contributed by atoms with E-state index in [1.807, 2.05) is 6.92 Å². The Hall–Kier alpha value is -1.20. The molecule has 2 heterocycles. The van der Waals surface area contributed by atoms with E-state index in [0.29, 0.717) is 11.8 Å². The van der Waals surface area contributed by atoms with Crippen molar-refractivity contribution in [2.24, 2.45) is 0 Å². The Morgan fingerprint density at radius 3 is 3.06 bits per heavy atom. The van der Waals surface area contributed by atoms with E-state index in [1.54, 1.807) is 11.3 Å². The van der Waals surface area contributed by atoms with Gasteiger partial charge in [0.15, 0.2) is 0 Å². The van der Waals surface area contributed by atoms with E-state index < -0.39 is 0 Å². The second kappa shape index (κ2) is 5.93. The zero-order valence-electron chi connectivity index (χ0n) is 10.1. The second-order valence-corrected chi connectivity index (χ2v) is 4.80. The molecule has 1 N–H and O–H groups in total.